The summed E-state index contributed by atoms with van der Waals surface area (Å²) in [5, 5.41) is 6.08. The highest BCUT2D eigenvalue weighted by Gasteiger charge is 2.09. The minimum atomic E-state index is 0.0502. The standard InChI is InChI=1S/C15H23N3O2/c19-15(13-16-12-14-4-2-1-3-5-14)17-6-7-18-8-10-20-11-9-18/h1-5,16H,6-13H2,(H,17,19). The maximum Gasteiger partial charge on any atom is 0.234 e. The number of nitrogens with zero attached hydrogens (tertiary/aromatic N) is 1. The first-order chi connectivity index (χ1) is 9.84. The summed E-state index contributed by atoms with van der Waals surface area (Å²) in [5.41, 5.74) is 1.19. The molecule has 1 amide bonds. The van der Waals surface area contributed by atoms with Crippen molar-refractivity contribution in [2.24, 2.45) is 0 Å². The molecule has 1 aliphatic heterocycles. The van der Waals surface area contributed by atoms with Gasteiger partial charge < -0.3 is 15.4 Å². The molecule has 5 heteroatoms. The first-order valence-electron chi connectivity index (χ1n) is 7.16. The Balaban J connectivity index is 1.52. The van der Waals surface area contributed by atoms with Crippen LogP contribution in [0, 0.1) is 0 Å². The summed E-state index contributed by atoms with van der Waals surface area (Å²) in [5.74, 6) is 0.0502. The molecule has 0 aliphatic carbocycles. The van der Waals surface area contributed by atoms with Crippen LogP contribution in [0.5, 0.6) is 0 Å². The van der Waals surface area contributed by atoms with Gasteiger partial charge in [0.25, 0.3) is 0 Å². The van der Waals surface area contributed by atoms with E-state index in [1.807, 2.05) is 30.3 Å². The zero-order valence-electron chi connectivity index (χ0n) is 11.8. The Kier molecular flexibility index (Phi) is 6.50. The topological polar surface area (TPSA) is 53.6 Å². The lowest BCUT2D eigenvalue weighted by Gasteiger charge is -2.26. The van der Waals surface area contributed by atoms with Crippen LogP contribution >= 0.6 is 0 Å². The number of carbonyl (C=O) groups excluding carboxylic acids is 1. The van der Waals surface area contributed by atoms with Gasteiger partial charge >= 0.3 is 0 Å². The first kappa shape index (κ1) is 15.0. The summed E-state index contributed by atoms with van der Waals surface area (Å²) in [7, 11) is 0. The molecule has 0 unspecified atom stereocenters. The number of hydrogen-bond donors (Lipinski definition) is 2. The Labute approximate surface area is 120 Å². The SMILES string of the molecule is O=C(CNCc1ccccc1)NCCN1CCOCC1. The fourth-order valence-corrected chi connectivity index (χ4v) is 2.16. The summed E-state index contributed by atoms with van der Waals surface area (Å²) in [6.07, 6.45) is 0. The van der Waals surface area contributed by atoms with Gasteiger partial charge in [-0.2, -0.15) is 0 Å². The van der Waals surface area contributed by atoms with Gasteiger partial charge in [-0.1, -0.05) is 30.3 Å². The van der Waals surface area contributed by atoms with E-state index in [9.17, 15) is 4.79 Å². The molecular weight excluding hydrogens is 254 g/mol. The van der Waals surface area contributed by atoms with Crippen LogP contribution in [0.2, 0.25) is 0 Å². The molecule has 0 saturated carbocycles. The third-order valence-corrected chi connectivity index (χ3v) is 3.31. The highest BCUT2D eigenvalue weighted by Crippen LogP contribution is 1.96. The number of nitrogens with one attached hydrogen (secondary N) is 2. The van der Waals surface area contributed by atoms with Crippen molar-refractivity contribution >= 4 is 5.91 Å². The van der Waals surface area contributed by atoms with E-state index in [1.54, 1.807) is 0 Å². The predicted octanol–water partition coefficient (Wildman–Crippen LogP) is 0.225. The number of benzene rings is 1. The summed E-state index contributed by atoms with van der Waals surface area (Å²) in [6, 6.07) is 10.1. The molecule has 0 spiro atoms. The van der Waals surface area contributed by atoms with Crippen molar-refractivity contribution < 1.29 is 9.53 Å². The van der Waals surface area contributed by atoms with Crippen molar-refractivity contribution in [3.63, 3.8) is 0 Å². The lowest BCUT2D eigenvalue weighted by atomic mass is 10.2. The van der Waals surface area contributed by atoms with Crippen LogP contribution in [0.25, 0.3) is 0 Å². The molecule has 1 heterocycles. The molecule has 5 nitrogen and oxygen atoms in total. The van der Waals surface area contributed by atoms with E-state index in [1.165, 1.54) is 5.56 Å². The molecule has 0 radical (unpaired) electrons. The van der Waals surface area contributed by atoms with Gasteiger partial charge in [-0.15, -0.1) is 0 Å². The van der Waals surface area contributed by atoms with Crippen LogP contribution in [-0.2, 0) is 16.1 Å². The van der Waals surface area contributed by atoms with Gasteiger partial charge in [-0.25, -0.2) is 0 Å². The van der Waals surface area contributed by atoms with Crippen LogP contribution in [0.15, 0.2) is 30.3 Å². The number of amides is 1. The van der Waals surface area contributed by atoms with Crippen LogP contribution in [0.4, 0.5) is 0 Å². The fraction of sp³-hybridized carbons (Fsp3) is 0.533. The van der Waals surface area contributed by atoms with E-state index in [0.29, 0.717) is 13.1 Å². The van der Waals surface area contributed by atoms with Crippen molar-refractivity contribution in [2.45, 2.75) is 6.54 Å². The molecule has 1 saturated heterocycles. The zero-order chi connectivity index (χ0) is 14.0. The molecule has 2 N–H and O–H groups in total. The highest BCUT2D eigenvalue weighted by molar-refractivity contribution is 5.77. The smallest absolute Gasteiger partial charge is 0.234 e. The largest absolute Gasteiger partial charge is 0.379 e. The van der Waals surface area contributed by atoms with Crippen molar-refractivity contribution in [3.05, 3.63) is 35.9 Å². The Morgan fingerprint density at radius 3 is 2.70 bits per heavy atom. The predicted molar refractivity (Wildman–Crippen MR) is 78.4 cm³/mol. The minimum Gasteiger partial charge on any atom is -0.379 e. The number of rotatable bonds is 7. The Hall–Kier alpha value is -1.43. The Morgan fingerprint density at radius 2 is 1.95 bits per heavy atom. The van der Waals surface area contributed by atoms with Gasteiger partial charge in [0.05, 0.1) is 19.8 Å². The summed E-state index contributed by atoms with van der Waals surface area (Å²) < 4.78 is 5.28. The Bertz CT molecular complexity index is 391. The molecule has 1 aromatic carbocycles. The second kappa shape index (κ2) is 8.68. The van der Waals surface area contributed by atoms with Gasteiger partial charge in [0.1, 0.15) is 0 Å². The number of carbonyl (C=O) groups is 1. The molecule has 0 aromatic heterocycles. The van der Waals surface area contributed by atoms with Crippen molar-refractivity contribution in [1.29, 1.82) is 0 Å². The van der Waals surface area contributed by atoms with Gasteiger partial charge in [-0.05, 0) is 5.56 Å². The minimum absolute atomic E-state index is 0.0502. The molecule has 1 aromatic rings. The van der Waals surface area contributed by atoms with E-state index >= 15 is 0 Å². The molecule has 110 valence electrons. The molecular formula is C15H23N3O2. The third-order valence-electron chi connectivity index (χ3n) is 3.31. The van der Waals surface area contributed by atoms with Crippen LogP contribution in [0.1, 0.15) is 5.56 Å². The molecule has 0 bridgehead atoms. The zero-order valence-corrected chi connectivity index (χ0v) is 11.8. The van der Waals surface area contributed by atoms with E-state index < -0.39 is 0 Å². The highest BCUT2D eigenvalue weighted by atomic mass is 16.5. The van der Waals surface area contributed by atoms with Gasteiger partial charge in [0, 0.05) is 32.7 Å². The van der Waals surface area contributed by atoms with Crippen LogP contribution < -0.4 is 10.6 Å². The second-order valence-corrected chi connectivity index (χ2v) is 4.89. The summed E-state index contributed by atoms with van der Waals surface area (Å²) in [6.45, 7) is 6.19. The second-order valence-electron chi connectivity index (χ2n) is 4.89. The molecule has 1 aliphatic rings. The average molecular weight is 277 g/mol. The molecule has 2 rings (SSSR count). The van der Waals surface area contributed by atoms with Gasteiger partial charge in [-0.3, -0.25) is 9.69 Å². The lowest BCUT2D eigenvalue weighted by molar-refractivity contribution is -0.120. The third kappa shape index (κ3) is 5.69. The van der Waals surface area contributed by atoms with Crippen molar-refractivity contribution in [3.8, 4) is 0 Å². The average Bonchev–Trinajstić information content (AvgIpc) is 2.49. The monoisotopic (exact) mass is 277 g/mol. The van der Waals surface area contributed by atoms with E-state index in [0.717, 1.165) is 39.4 Å². The van der Waals surface area contributed by atoms with Crippen LogP contribution in [0.3, 0.4) is 0 Å². The van der Waals surface area contributed by atoms with E-state index in [4.69, 9.17) is 4.74 Å². The number of hydrogen-bond acceptors (Lipinski definition) is 4. The van der Waals surface area contributed by atoms with Crippen molar-refractivity contribution in [1.82, 2.24) is 15.5 Å². The molecule has 0 atom stereocenters. The Morgan fingerprint density at radius 1 is 1.20 bits per heavy atom. The molecule has 1 fully saturated rings. The molecule has 20 heavy (non-hydrogen) atoms. The maximum absolute atomic E-state index is 11.7. The van der Waals surface area contributed by atoms with Gasteiger partial charge in [0.15, 0.2) is 0 Å². The lowest BCUT2D eigenvalue weighted by Crippen LogP contribution is -2.42. The summed E-state index contributed by atoms with van der Waals surface area (Å²) in [4.78, 5) is 14.0. The fourth-order valence-electron chi connectivity index (χ4n) is 2.16. The number of morpholine rings is 1. The quantitative estimate of drug-likeness (QED) is 0.749. The van der Waals surface area contributed by atoms with Crippen LogP contribution in [-0.4, -0.2) is 56.7 Å². The van der Waals surface area contributed by atoms with E-state index in [-0.39, 0.29) is 5.91 Å². The normalized spacial score (nSPS) is 16.0. The summed E-state index contributed by atoms with van der Waals surface area (Å²) >= 11 is 0. The first-order valence-corrected chi connectivity index (χ1v) is 7.16. The van der Waals surface area contributed by atoms with Gasteiger partial charge in [0.2, 0.25) is 5.91 Å². The van der Waals surface area contributed by atoms with E-state index in [2.05, 4.69) is 15.5 Å². The number of ether oxygens (including phenoxy) is 1. The maximum atomic E-state index is 11.7. The van der Waals surface area contributed by atoms with Crippen molar-refractivity contribution in [2.75, 3.05) is 45.9 Å².